The van der Waals surface area contributed by atoms with Crippen LogP contribution in [0.4, 0.5) is 11.4 Å². The first kappa shape index (κ1) is 36.0. The molecule has 7 heteroatoms. The number of hydrogen-bond donors (Lipinski definition) is 2. The summed E-state index contributed by atoms with van der Waals surface area (Å²) < 4.78 is 10.8. The number of carbonyl (C=O) groups is 1. The normalized spacial score (nSPS) is 10.9. The van der Waals surface area contributed by atoms with Crippen molar-refractivity contribution in [1.29, 1.82) is 0 Å². The van der Waals surface area contributed by atoms with Crippen molar-refractivity contribution in [2.45, 2.75) is 13.8 Å². The molecule has 0 saturated heterocycles. The van der Waals surface area contributed by atoms with E-state index in [1.807, 2.05) is 111 Å². The van der Waals surface area contributed by atoms with Gasteiger partial charge in [0.15, 0.2) is 5.11 Å². The van der Waals surface area contributed by atoms with Gasteiger partial charge in [0.25, 0.3) is 0 Å². The van der Waals surface area contributed by atoms with E-state index >= 15 is 0 Å². The molecule has 0 heterocycles. The van der Waals surface area contributed by atoms with Crippen molar-refractivity contribution in [3.63, 3.8) is 0 Å². The van der Waals surface area contributed by atoms with Crippen LogP contribution in [-0.2, 0) is 0 Å². The van der Waals surface area contributed by atoms with Gasteiger partial charge >= 0.3 is 167 Å². The maximum absolute atomic E-state index is 13.4. The number of rotatable bonds is 12. The van der Waals surface area contributed by atoms with Gasteiger partial charge in [-0.15, -0.1) is 0 Å². The van der Waals surface area contributed by atoms with Gasteiger partial charge in [0, 0.05) is 11.4 Å². The van der Waals surface area contributed by atoms with Crippen molar-refractivity contribution in [1.82, 2.24) is 0 Å². The summed E-state index contributed by atoms with van der Waals surface area (Å²) in [5.41, 5.74) is 2.60. The van der Waals surface area contributed by atoms with E-state index in [0.717, 1.165) is 28.4 Å². The van der Waals surface area contributed by atoms with Crippen molar-refractivity contribution in [3.05, 3.63) is 175 Å². The fourth-order valence-corrected chi connectivity index (χ4v) is 10.7. The van der Waals surface area contributed by atoms with Crippen LogP contribution in [0, 0.1) is 0 Å². The van der Waals surface area contributed by atoms with Crippen LogP contribution in [-0.4, -0.2) is 30.3 Å². The van der Waals surface area contributed by atoms with Gasteiger partial charge in [-0.05, 0) is 74.6 Å². The van der Waals surface area contributed by atoms with Crippen molar-refractivity contribution in [2.75, 3.05) is 30.0 Å². The molecule has 0 amide bonds. The Balaban J connectivity index is 0.000000201. The Bertz CT molecular complexity index is 1760. The van der Waals surface area contributed by atoms with Crippen LogP contribution in [0.15, 0.2) is 170 Å². The number of hydrogen-bond acceptors (Lipinski definition) is 4. The number of Topliss-reactive ketones (excluding diaryl/α,β-unsaturated/α-hetero) is 1. The number of carbonyl (C=O) groups excluding carboxylic acids is 1. The molecule has 0 unspecified atom stereocenters. The zero-order valence-electron chi connectivity index (χ0n) is 28.4. The van der Waals surface area contributed by atoms with Crippen LogP contribution < -0.4 is 36.0 Å². The average molecular weight is 699 g/mol. The third-order valence-electron chi connectivity index (χ3n) is 8.17. The first-order chi connectivity index (χ1) is 24.5. The molecule has 5 nitrogen and oxygen atoms in total. The zero-order chi connectivity index (χ0) is 35.0. The molecule has 0 saturated carbocycles. The molecule has 0 aromatic heterocycles. The standard InChI is InChI=1S/C26H23OP.C17H20N2O2S/c27-26(22-13-5-1-6-14-22)21-28(23-15-7-2-8-16-23,24-17-9-3-10-18-24)25-19-11-4-12-20-25;1-3-20-15-9-5-13(6-10-15)18-17(22)19-14-7-11-16(12-8-14)21-4-2/h1-20,28H,21H2;5-12H,3-4H2,1-2H3,(H2,18,19,22). The molecule has 6 rings (SSSR count). The fraction of sp³-hybridized carbons (Fsp3) is 0.116. The van der Waals surface area contributed by atoms with E-state index in [0.29, 0.717) is 24.5 Å². The van der Waals surface area contributed by atoms with E-state index < -0.39 is 7.26 Å². The summed E-state index contributed by atoms with van der Waals surface area (Å²) >= 11 is 5.30. The Kier molecular flexibility index (Phi) is 13.3. The van der Waals surface area contributed by atoms with Crippen LogP contribution in [0.2, 0.25) is 0 Å². The Labute approximate surface area is 301 Å². The van der Waals surface area contributed by atoms with Crippen LogP contribution in [0.5, 0.6) is 11.5 Å². The first-order valence-electron chi connectivity index (χ1n) is 16.8. The molecule has 0 bridgehead atoms. The van der Waals surface area contributed by atoms with Gasteiger partial charge in [-0.3, -0.25) is 0 Å². The van der Waals surface area contributed by atoms with E-state index in [9.17, 15) is 4.79 Å². The van der Waals surface area contributed by atoms with Crippen molar-refractivity contribution < 1.29 is 14.3 Å². The molecule has 254 valence electrons. The number of anilines is 2. The molecule has 2 N–H and O–H groups in total. The average Bonchev–Trinajstić information content (AvgIpc) is 3.17. The summed E-state index contributed by atoms with van der Waals surface area (Å²) in [5, 5.41) is 10.6. The van der Waals surface area contributed by atoms with E-state index in [4.69, 9.17) is 21.7 Å². The van der Waals surface area contributed by atoms with Gasteiger partial charge in [-0.25, -0.2) is 0 Å². The maximum atomic E-state index is 13.4. The molecule has 6 aromatic carbocycles. The van der Waals surface area contributed by atoms with Crippen LogP contribution in [0.25, 0.3) is 0 Å². The first-order valence-corrected chi connectivity index (χ1v) is 19.4. The van der Waals surface area contributed by atoms with E-state index in [1.165, 1.54) is 15.9 Å². The van der Waals surface area contributed by atoms with Gasteiger partial charge in [0.05, 0.1) is 13.2 Å². The second kappa shape index (κ2) is 18.5. The zero-order valence-corrected chi connectivity index (χ0v) is 30.2. The number of benzene rings is 6. The Hall–Kier alpha value is -5.29. The van der Waals surface area contributed by atoms with Crippen LogP contribution >= 0.6 is 19.5 Å². The molecule has 50 heavy (non-hydrogen) atoms. The molecule has 0 aliphatic heterocycles. The Morgan fingerprint density at radius 3 is 1.20 bits per heavy atom. The SMILES string of the molecule is CCOc1ccc(NC(=S)Nc2ccc(OCC)cc2)cc1.O=C(C[PH](c1ccccc1)(c1ccccc1)c1ccccc1)c1ccccc1. The topological polar surface area (TPSA) is 59.6 Å². The van der Waals surface area contributed by atoms with Crippen LogP contribution in [0.3, 0.4) is 0 Å². The molecular formula is C43H43N2O3PS. The molecule has 0 aliphatic carbocycles. The van der Waals surface area contributed by atoms with Gasteiger partial charge in [-0.1, -0.05) is 0 Å². The quantitative estimate of drug-likeness (QED) is 0.0757. The number of ether oxygens (including phenoxy) is 2. The molecule has 6 aromatic rings. The monoisotopic (exact) mass is 698 g/mol. The third kappa shape index (κ3) is 9.66. The summed E-state index contributed by atoms with van der Waals surface area (Å²) in [6, 6.07) is 56.7. The van der Waals surface area contributed by atoms with Crippen molar-refractivity contribution in [2.24, 2.45) is 0 Å². The second-order valence-corrected chi connectivity index (χ2v) is 15.8. The number of nitrogens with one attached hydrogen (secondary N) is 2. The van der Waals surface area contributed by atoms with Gasteiger partial charge < -0.3 is 20.1 Å². The van der Waals surface area contributed by atoms with E-state index in [2.05, 4.69) is 83.4 Å². The van der Waals surface area contributed by atoms with E-state index in [-0.39, 0.29) is 5.78 Å². The molecule has 0 spiro atoms. The second-order valence-electron chi connectivity index (χ2n) is 11.5. The Morgan fingerprint density at radius 2 is 0.860 bits per heavy atom. The number of ketones is 1. The van der Waals surface area contributed by atoms with Crippen LogP contribution in [0.1, 0.15) is 24.2 Å². The summed E-state index contributed by atoms with van der Waals surface area (Å²) in [4.78, 5) is 13.4. The summed E-state index contributed by atoms with van der Waals surface area (Å²) in [6.07, 6.45) is 0.509. The molecule has 0 atom stereocenters. The number of thiocarbonyl (C=S) groups is 1. The fourth-order valence-electron chi connectivity index (χ4n) is 5.84. The minimum atomic E-state index is -2.52. The summed E-state index contributed by atoms with van der Waals surface area (Å²) in [6.45, 7) is 5.24. The van der Waals surface area contributed by atoms with Gasteiger partial charge in [-0.2, -0.15) is 0 Å². The van der Waals surface area contributed by atoms with Crippen molar-refractivity contribution in [3.8, 4) is 11.5 Å². The molecule has 0 aliphatic rings. The van der Waals surface area contributed by atoms with E-state index in [1.54, 1.807) is 0 Å². The minimum absolute atomic E-state index is 0.198. The van der Waals surface area contributed by atoms with Crippen molar-refractivity contribution >= 4 is 57.7 Å². The summed E-state index contributed by atoms with van der Waals surface area (Å²) in [7, 11) is -2.52. The molecular weight excluding hydrogens is 656 g/mol. The van der Waals surface area contributed by atoms with Gasteiger partial charge in [0.2, 0.25) is 0 Å². The predicted octanol–water partition coefficient (Wildman–Crippen LogP) is 8.89. The Morgan fingerprint density at radius 1 is 0.520 bits per heavy atom. The molecule has 0 radical (unpaired) electrons. The predicted molar refractivity (Wildman–Crippen MR) is 217 cm³/mol. The summed E-state index contributed by atoms with van der Waals surface area (Å²) in [5.74, 6) is 1.89. The molecule has 0 fully saturated rings. The van der Waals surface area contributed by atoms with Gasteiger partial charge in [0.1, 0.15) is 11.5 Å². The third-order valence-corrected chi connectivity index (χ3v) is 13.2.